The number of para-hydroxylation sites is 2. The van der Waals surface area contributed by atoms with E-state index in [0.29, 0.717) is 24.0 Å². The number of hydrogen-bond acceptors (Lipinski definition) is 5. The Balaban J connectivity index is 1.21. The Hall–Kier alpha value is -6.86. The number of rotatable bonds is 4. The van der Waals surface area contributed by atoms with Crippen molar-refractivity contribution in [1.29, 1.82) is 0 Å². The highest BCUT2D eigenvalue weighted by Gasteiger charge is 2.30. The van der Waals surface area contributed by atoms with Crippen LogP contribution in [0.2, 0.25) is 0 Å². The minimum Gasteiger partial charge on any atom is -0.316 e. The molecule has 0 radical (unpaired) electrons. The first-order chi connectivity index (χ1) is 24.8. The molecule has 0 atom stereocenters. The number of hydrogen-bond donors (Lipinski definition) is 0. The third-order valence-electron chi connectivity index (χ3n) is 9.47. The lowest BCUT2D eigenvalue weighted by atomic mass is 10.1. The Kier molecular flexibility index (Phi) is 6.42. The molecule has 0 unspecified atom stereocenters. The second-order valence-corrected chi connectivity index (χ2v) is 12.4. The summed E-state index contributed by atoms with van der Waals surface area (Å²) < 4.78 is 4.57. The van der Waals surface area contributed by atoms with E-state index < -0.39 is 0 Å². The largest absolute Gasteiger partial charge is 0.316 e. The summed E-state index contributed by atoms with van der Waals surface area (Å²) in [4.78, 5) is 22.5. The van der Waals surface area contributed by atoms with Crippen molar-refractivity contribution in [2.75, 3.05) is 6.54 Å². The molecule has 5 aromatic carbocycles. The maximum Gasteiger partial charge on any atom is 0.215 e. The standard InChI is InChI=1S/C43H29N7/c1-4-14-29(15-5-1)40-45-41(30-16-6-2-7-17-30)47-42(46-40)35-28-44-43(49-26-13-12-21-36(35)49)50-38-22-11-10-20-32(38)33-23-24-37-34(39(33)50)25-27-48(37)31-18-8-3-9-19-31/h1-25,27-28H,26H2. The van der Waals surface area contributed by atoms with E-state index in [1.165, 1.54) is 10.8 Å². The average Bonchev–Trinajstić information content (AvgIpc) is 3.78. The van der Waals surface area contributed by atoms with Gasteiger partial charge in [-0.1, -0.05) is 115 Å². The predicted molar refractivity (Wildman–Crippen MR) is 202 cm³/mol. The molecule has 0 aliphatic carbocycles. The molecule has 7 nitrogen and oxygen atoms in total. The molecule has 10 rings (SSSR count). The van der Waals surface area contributed by atoms with Crippen LogP contribution in [0.4, 0.5) is 0 Å². The maximum atomic E-state index is 5.25. The zero-order valence-corrected chi connectivity index (χ0v) is 26.9. The summed E-state index contributed by atoms with van der Waals surface area (Å²) in [6, 6.07) is 45.9. The molecular formula is C43H29N7. The Morgan fingerprint density at radius 1 is 0.540 bits per heavy atom. The molecule has 0 saturated carbocycles. The fourth-order valence-corrected chi connectivity index (χ4v) is 7.17. The first-order valence-corrected chi connectivity index (χ1v) is 16.7. The van der Waals surface area contributed by atoms with Crippen LogP contribution in [0, 0.1) is 0 Å². The van der Waals surface area contributed by atoms with Gasteiger partial charge in [-0.3, -0.25) is 4.57 Å². The lowest BCUT2D eigenvalue weighted by Crippen LogP contribution is -2.38. The van der Waals surface area contributed by atoms with Crippen LogP contribution in [-0.4, -0.2) is 41.5 Å². The lowest BCUT2D eigenvalue weighted by Gasteiger charge is -2.33. The van der Waals surface area contributed by atoms with Crippen LogP contribution >= 0.6 is 0 Å². The molecular weight excluding hydrogens is 615 g/mol. The van der Waals surface area contributed by atoms with Crippen molar-refractivity contribution in [2.24, 2.45) is 4.99 Å². The van der Waals surface area contributed by atoms with E-state index in [1.807, 2.05) is 72.9 Å². The Morgan fingerprint density at radius 3 is 1.94 bits per heavy atom. The van der Waals surface area contributed by atoms with Crippen molar-refractivity contribution in [1.82, 2.24) is 29.0 Å². The zero-order valence-electron chi connectivity index (χ0n) is 26.9. The second-order valence-electron chi connectivity index (χ2n) is 12.4. The van der Waals surface area contributed by atoms with E-state index in [4.69, 9.17) is 19.9 Å². The molecule has 8 aromatic rings. The Morgan fingerprint density at radius 2 is 1.20 bits per heavy atom. The van der Waals surface area contributed by atoms with Crippen molar-refractivity contribution in [2.45, 2.75) is 0 Å². The summed E-state index contributed by atoms with van der Waals surface area (Å²) in [5, 5.41) is 3.53. The molecule has 0 bridgehead atoms. The smallest absolute Gasteiger partial charge is 0.215 e. The van der Waals surface area contributed by atoms with E-state index in [9.17, 15) is 0 Å². The fraction of sp³-hybridized carbons (Fsp3) is 0.0233. The summed E-state index contributed by atoms with van der Waals surface area (Å²) in [5.41, 5.74) is 8.19. The Bertz CT molecular complexity index is 2660. The van der Waals surface area contributed by atoms with Gasteiger partial charge < -0.3 is 9.47 Å². The quantitative estimate of drug-likeness (QED) is 0.192. The maximum absolute atomic E-state index is 5.25. The molecule has 0 saturated heterocycles. The number of benzene rings is 5. The molecule has 7 heteroatoms. The second kappa shape index (κ2) is 11.4. The van der Waals surface area contributed by atoms with Crippen LogP contribution in [0.5, 0.6) is 0 Å². The fourth-order valence-electron chi connectivity index (χ4n) is 7.17. The summed E-state index contributed by atoms with van der Waals surface area (Å²) >= 11 is 0. The highest BCUT2D eigenvalue weighted by atomic mass is 15.3. The van der Waals surface area contributed by atoms with Crippen LogP contribution in [0.25, 0.3) is 66.7 Å². The monoisotopic (exact) mass is 643 g/mol. The van der Waals surface area contributed by atoms with Gasteiger partial charge in [0, 0.05) is 51.9 Å². The minimum atomic E-state index is 0.580. The number of allylic oxidation sites excluding steroid dienone is 3. The van der Waals surface area contributed by atoms with Crippen molar-refractivity contribution < 1.29 is 0 Å². The highest BCUT2D eigenvalue weighted by Crippen LogP contribution is 2.39. The number of nitrogens with zero attached hydrogens (tertiary/aromatic N) is 7. The molecule has 0 N–H and O–H groups in total. The van der Waals surface area contributed by atoms with Crippen molar-refractivity contribution in [3.05, 3.63) is 176 Å². The number of fused-ring (bicyclic) bond motifs is 6. The Labute approximate surface area is 288 Å². The van der Waals surface area contributed by atoms with Crippen LogP contribution < -0.4 is 0 Å². The van der Waals surface area contributed by atoms with Gasteiger partial charge in [-0.2, -0.15) is 0 Å². The summed E-state index contributed by atoms with van der Waals surface area (Å²) in [7, 11) is 0. The van der Waals surface area contributed by atoms with Gasteiger partial charge in [-0.25, -0.2) is 19.9 Å². The van der Waals surface area contributed by atoms with E-state index in [-0.39, 0.29) is 0 Å². The van der Waals surface area contributed by atoms with E-state index in [0.717, 1.165) is 56.0 Å². The van der Waals surface area contributed by atoms with Crippen LogP contribution in [-0.2, 0) is 0 Å². The van der Waals surface area contributed by atoms with Gasteiger partial charge in [-0.15, -0.1) is 0 Å². The molecule has 0 fully saturated rings. The van der Waals surface area contributed by atoms with Crippen molar-refractivity contribution in [3.63, 3.8) is 0 Å². The lowest BCUT2D eigenvalue weighted by molar-refractivity contribution is 0.561. The van der Waals surface area contributed by atoms with Gasteiger partial charge in [-0.05, 0) is 36.4 Å². The normalized spacial score (nSPS) is 14.2. The zero-order chi connectivity index (χ0) is 33.0. The molecule has 236 valence electrons. The topological polar surface area (TPSA) is 64.1 Å². The molecule has 5 heterocycles. The first-order valence-electron chi connectivity index (χ1n) is 16.7. The number of aromatic nitrogens is 5. The highest BCUT2D eigenvalue weighted by molar-refractivity contribution is 6.22. The minimum absolute atomic E-state index is 0.580. The van der Waals surface area contributed by atoms with Gasteiger partial charge in [0.2, 0.25) is 5.96 Å². The molecule has 2 aliphatic heterocycles. The van der Waals surface area contributed by atoms with Gasteiger partial charge >= 0.3 is 0 Å². The summed E-state index contributed by atoms with van der Waals surface area (Å²) in [5.74, 6) is 2.65. The van der Waals surface area contributed by atoms with Crippen LogP contribution in [0.15, 0.2) is 175 Å². The van der Waals surface area contributed by atoms with Gasteiger partial charge in [0.05, 0.1) is 27.8 Å². The third-order valence-corrected chi connectivity index (χ3v) is 9.47. The van der Waals surface area contributed by atoms with E-state index in [2.05, 4.69) is 105 Å². The van der Waals surface area contributed by atoms with E-state index >= 15 is 0 Å². The molecule has 2 aliphatic rings. The molecule has 0 amide bonds. The summed E-state index contributed by atoms with van der Waals surface area (Å²) in [6.45, 7) is 0.652. The predicted octanol–water partition coefficient (Wildman–Crippen LogP) is 9.27. The van der Waals surface area contributed by atoms with Crippen molar-refractivity contribution in [3.8, 4) is 28.5 Å². The van der Waals surface area contributed by atoms with E-state index in [1.54, 1.807) is 0 Å². The SMILES string of the molecule is C1=CCN2C(=C1)C(c1nc(-c3ccccc3)nc(-c3ccccc3)n1)=CN=C2n1c2ccccc2c2ccc3c(ccn3-c3ccccc3)c21. The number of aliphatic imine (C=N–C) groups is 1. The summed E-state index contributed by atoms with van der Waals surface area (Å²) in [6.07, 6.45) is 10.5. The van der Waals surface area contributed by atoms with Gasteiger partial charge in [0.1, 0.15) is 0 Å². The van der Waals surface area contributed by atoms with Crippen LogP contribution in [0.1, 0.15) is 5.82 Å². The molecule has 50 heavy (non-hydrogen) atoms. The third kappa shape index (κ3) is 4.44. The first kappa shape index (κ1) is 28.2. The molecule has 3 aromatic heterocycles. The molecule has 0 spiro atoms. The van der Waals surface area contributed by atoms with Crippen LogP contribution in [0.3, 0.4) is 0 Å². The van der Waals surface area contributed by atoms with Gasteiger partial charge in [0.25, 0.3) is 0 Å². The van der Waals surface area contributed by atoms with Crippen molar-refractivity contribution >= 4 is 44.2 Å². The average molecular weight is 644 g/mol. The van der Waals surface area contributed by atoms with Gasteiger partial charge in [0.15, 0.2) is 17.5 Å².